The fourth-order valence-electron chi connectivity index (χ4n) is 2.52. The monoisotopic (exact) mass is 346 g/mol. The van der Waals surface area contributed by atoms with E-state index in [1.165, 1.54) is 0 Å². The number of benzene rings is 3. The number of carboxylic acids is 1. The summed E-state index contributed by atoms with van der Waals surface area (Å²) in [5, 5.41) is 9.49. The number of methoxy groups -OCH3 is 1. The maximum absolute atomic E-state index is 11.6. The van der Waals surface area contributed by atoms with Crippen molar-refractivity contribution >= 4 is 17.6 Å². The van der Waals surface area contributed by atoms with E-state index in [-0.39, 0.29) is 5.57 Å². The average Bonchev–Trinajstić information content (AvgIpc) is 2.68. The van der Waals surface area contributed by atoms with Crippen LogP contribution in [0.5, 0.6) is 17.2 Å². The molecule has 0 aliphatic carbocycles. The lowest BCUT2D eigenvalue weighted by Gasteiger charge is -2.10. The van der Waals surface area contributed by atoms with Gasteiger partial charge >= 0.3 is 5.97 Å². The molecule has 3 aromatic rings. The van der Waals surface area contributed by atoms with Crippen LogP contribution in [0.2, 0.25) is 0 Å². The summed E-state index contributed by atoms with van der Waals surface area (Å²) in [4.78, 5) is 11.6. The Morgan fingerprint density at radius 3 is 2.08 bits per heavy atom. The molecule has 3 aromatic carbocycles. The lowest BCUT2D eigenvalue weighted by atomic mass is 10.0. The van der Waals surface area contributed by atoms with Crippen molar-refractivity contribution in [3.8, 4) is 17.2 Å². The van der Waals surface area contributed by atoms with E-state index in [1.54, 1.807) is 37.5 Å². The van der Waals surface area contributed by atoms with Crippen LogP contribution < -0.4 is 9.47 Å². The Morgan fingerprint density at radius 2 is 1.46 bits per heavy atom. The third-order valence-electron chi connectivity index (χ3n) is 3.80. The van der Waals surface area contributed by atoms with Gasteiger partial charge in [0.2, 0.25) is 0 Å². The summed E-state index contributed by atoms with van der Waals surface area (Å²) in [5.41, 5.74) is 1.68. The summed E-state index contributed by atoms with van der Waals surface area (Å²) in [7, 11) is 1.59. The van der Waals surface area contributed by atoms with Gasteiger partial charge in [-0.2, -0.15) is 0 Å². The summed E-state index contributed by atoms with van der Waals surface area (Å²) in [6.45, 7) is 0. The van der Waals surface area contributed by atoms with Crippen LogP contribution in [0.1, 0.15) is 11.1 Å². The lowest BCUT2D eigenvalue weighted by Crippen LogP contribution is -1.99. The van der Waals surface area contributed by atoms with Crippen LogP contribution in [0.3, 0.4) is 0 Å². The van der Waals surface area contributed by atoms with Crippen LogP contribution in [0.25, 0.3) is 11.6 Å². The van der Waals surface area contributed by atoms with Crippen molar-refractivity contribution in [3.05, 3.63) is 90.0 Å². The topological polar surface area (TPSA) is 55.8 Å². The SMILES string of the molecule is COc1ccccc1Oc1ccc(/C=C(/C(=O)O)c2ccccc2)cc1. The molecule has 0 saturated carbocycles. The van der Waals surface area contributed by atoms with Crippen molar-refractivity contribution in [2.75, 3.05) is 7.11 Å². The highest BCUT2D eigenvalue weighted by Gasteiger charge is 2.10. The molecule has 0 radical (unpaired) electrons. The average molecular weight is 346 g/mol. The molecule has 0 bridgehead atoms. The minimum Gasteiger partial charge on any atom is -0.493 e. The number of carboxylic acid groups (broad SMARTS) is 1. The van der Waals surface area contributed by atoms with Gasteiger partial charge in [0.05, 0.1) is 12.7 Å². The van der Waals surface area contributed by atoms with Crippen LogP contribution >= 0.6 is 0 Å². The minimum absolute atomic E-state index is 0.240. The number of ether oxygens (including phenoxy) is 2. The third kappa shape index (κ3) is 4.11. The maximum Gasteiger partial charge on any atom is 0.336 e. The van der Waals surface area contributed by atoms with Crippen LogP contribution in [-0.2, 0) is 4.79 Å². The number of para-hydroxylation sites is 2. The molecule has 0 atom stereocenters. The zero-order valence-corrected chi connectivity index (χ0v) is 14.3. The maximum atomic E-state index is 11.6. The Balaban J connectivity index is 1.84. The highest BCUT2D eigenvalue weighted by Crippen LogP contribution is 2.31. The van der Waals surface area contributed by atoms with Crippen molar-refractivity contribution in [2.45, 2.75) is 0 Å². The standard InChI is InChI=1S/C22H18O4/c1-25-20-9-5-6-10-21(20)26-18-13-11-16(12-14-18)15-19(22(23)24)17-7-3-2-4-8-17/h2-15H,1H3,(H,23,24)/b19-15+. The molecule has 3 rings (SSSR count). The Hall–Kier alpha value is -3.53. The molecule has 0 amide bonds. The van der Waals surface area contributed by atoms with Gasteiger partial charge in [0.25, 0.3) is 0 Å². The van der Waals surface area contributed by atoms with E-state index in [2.05, 4.69) is 0 Å². The van der Waals surface area contributed by atoms with Crippen LogP contribution in [0.4, 0.5) is 0 Å². The van der Waals surface area contributed by atoms with Crippen molar-refractivity contribution in [2.24, 2.45) is 0 Å². The summed E-state index contributed by atoms with van der Waals surface area (Å²) < 4.78 is 11.1. The molecule has 0 unspecified atom stereocenters. The predicted molar refractivity (Wildman–Crippen MR) is 101 cm³/mol. The fraction of sp³-hybridized carbons (Fsp3) is 0.0455. The molecule has 130 valence electrons. The summed E-state index contributed by atoms with van der Waals surface area (Å²) >= 11 is 0. The Labute approximate surface area is 151 Å². The molecule has 0 heterocycles. The minimum atomic E-state index is -0.967. The van der Waals surface area contributed by atoms with Crippen molar-refractivity contribution < 1.29 is 19.4 Å². The molecule has 4 heteroatoms. The van der Waals surface area contributed by atoms with Gasteiger partial charge in [0.1, 0.15) is 5.75 Å². The second-order valence-corrected chi connectivity index (χ2v) is 5.55. The van der Waals surface area contributed by atoms with Gasteiger partial charge in [-0.3, -0.25) is 0 Å². The van der Waals surface area contributed by atoms with Crippen LogP contribution in [0.15, 0.2) is 78.9 Å². The second kappa shape index (κ2) is 8.03. The van der Waals surface area contributed by atoms with Gasteiger partial charge < -0.3 is 14.6 Å². The van der Waals surface area contributed by atoms with Crippen molar-refractivity contribution in [1.82, 2.24) is 0 Å². The van der Waals surface area contributed by atoms with E-state index in [0.29, 0.717) is 22.8 Å². The Morgan fingerprint density at radius 1 is 0.846 bits per heavy atom. The quantitative estimate of drug-likeness (QED) is 0.497. The van der Waals surface area contributed by atoms with Crippen LogP contribution in [0, 0.1) is 0 Å². The van der Waals surface area contributed by atoms with Crippen molar-refractivity contribution in [3.63, 3.8) is 0 Å². The van der Waals surface area contributed by atoms with Crippen molar-refractivity contribution in [1.29, 1.82) is 0 Å². The molecular formula is C22H18O4. The first-order valence-electron chi connectivity index (χ1n) is 8.09. The third-order valence-corrected chi connectivity index (χ3v) is 3.80. The first-order valence-corrected chi connectivity index (χ1v) is 8.09. The smallest absolute Gasteiger partial charge is 0.336 e. The van der Waals surface area contributed by atoms with Gasteiger partial charge in [-0.05, 0) is 41.5 Å². The van der Waals surface area contributed by atoms with Gasteiger partial charge in [0.15, 0.2) is 11.5 Å². The van der Waals surface area contributed by atoms with E-state index in [0.717, 1.165) is 5.56 Å². The van der Waals surface area contributed by atoms with E-state index in [4.69, 9.17) is 9.47 Å². The molecule has 0 fully saturated rings. The number of hydrogen-bond donors (Lipinski definition) is 1. The molecule has 0 aliphatic rings. The molecule has 0 aromatic heterocycles. The first-order chi connectivity index (χ1) is 12.7. The number of rotatable bonds is 6. The van der Waals surface area contributed by atoms with E-state index in [9.17, 15) is 9.90 Å². The predicted octanol–water partition coefficient (Wildman–Crippen LogP) is 5.11. The van der Waals surface area contributed by atoms with Gasteiger partial charge in [-0.25, -0.2) is 4.79 Å². The Bertz CT molecular complexity index is 912. The number of carbonyl (C=O) groups is 1. The van der Waals surface area contributed by atoms with E-state index >= 15 is 0 Å². The molecule has 26 heavy (non-hydrogen) atoms. The zero-order valence-electron chi connectivity index (χ0n) is 14.3. The first kappa shape index (κ1) is 17.3. The number of aliphatic carboxylic acids is 1. The second-order valence-electron chi connectivity index (χ2n) is 5.55. The molecule has 1 N–H and O–H groups in total. The largest absolute Gasteiger partial charge is 0.493 e. The highest BCUT2D eigenvalue weighted by molar-refractivity contribution is 6.20. The van der Waals surface area contributed by atoms with Gasteiger partial charge in [0, 0.05) is 0 Å². The molecular weight excluding hydrogens is 328 g/mol. The highest BCUT2D eigenvalue weighted by atomic mass is 16.5. The summed E-state index contributed by atoms with van der Waals surface area (Å²) in [6.07, 6.45) is 1.64. The molecule has 4 nitrogen and oxygen atoms in total. The summed E-state index contributed by atoms with van der Waals surface area (Å²) in [5.74, 6) is 0.941. The molecule has 0 spiro atoms. The Kier molecular flexibility index (Phi) is 5.34. The van der Waals surface area contributed by atoms with E-state index in [1.807, 2.05) is 54.6 Å². The molecule has 0 aliphatic heterocycles. The van der Waals surface area contributed by atoms with Gasteiger partial charge in [-0.15, -0.1) is 0 Å². The number of hydrogen-bond acceptors (Lipinski definition) is 3. The fourth-order valence-corrected chi connectivity index (χ4v) is 2.52. The normalized spacial score (nSPS) is 11.0. The van der Waals surface area contributed by atoms with Crippen LogP contribution in [-0.4, -0.2) is 18.2 Å². The van der Waals surface area contributed by atoms with E-state index < -0.39 is 5.97 Å². The van der Waals surface area contributed by atoms with Gasteiger partial charge in [-0.1, -0.05) is 54.6 Å². The zero-order chi connectivity index (χ0) is 18.4. The lowest BCUT2D eigenvalue weighted by molar-refractivity contribution is -0.130. The molecule has 0 saturated heterocycles. The summed E-state index contributed by atoms with van der Waals surface area (Å²) in [6, 6.07) is 23.6.